The fraction of sp³-hybridized carbons (Fsp3) is 0.238. The van der Waals surface area contributed by atoms with Gasteiger partial charge in [-0.15, -0.1) is 0 Å². The first-order chi connectivity index (χ1) is 13.8. The standard InChI is InChI=1S/C21H16F3N5/c1-12(2)29-11-28-16-7-13(3-4-18(16)29)19-15(17-10-26-5-6-27-17)8-14(9-25)21(23,24)20(19)22/h3-8,10-12,14H,1-2H3. The Labute approximate surface area is 164 Å². The maximum Gasteiger partial charge on any atom is 0.318 e. The normalized spacial score (nSPS) is 18.8. The van der Waals surface area contributed by atoms with Crippen LogP contribution in [0.15, 0.2) is 55.0 Å². The Hall–Kier alpha value is -3.47. The van der Waals surface area contributed by atoms with Gasteiger partial charge in [0.25, 0.3) is 0 Å². The van der Waals surface area contributed by atoms with Crippen molar-refractivity contribution in [3.8, 4) is 6.07 Å². The molecule has 0 saturated heterocycles. The summed E-state index contributed by atoms with van der Waals surface area (Å²) in [5.74, 6) is -7.54. The number of imidazole rings is 1. The third kappa shape index (κ3) is 2.99. The number of halogens is 3. The molecule has 1 aromatic carbocycles. The molecule has 146 valence electrons. The van der Waals surface area contributed by atoms with Crippen molar-refractivity contribution in [2.24, 2.45) is 5.92 Å². The second-order valence-electron chi connectivity index (χ2n) is 7.04. The van der Waals surface area contributed by atoms with E-state index >= 15 is 4.39 Å². The molecule has 0 aliphatic heterocycles. The SMILES string of the molecule is CC(C)n1cnc2cc(C3=C(F)C(F)(F)C(C#N)C=C3c3cnccn3)ccc21. The lowest BCUT2D eigenvalue weighted by atomic mass is 9.82. The molecule has 0 amide bonds. The molecule has 0 bridgehead atoms. The van der Waals surface area contributed by atoms with Crippen molar-refractivity contribution < 1.29 is 13.2 Å². The Morgan fingerprint density at radius 1 is 1.21 bits per heavy atom. The van der Waals surface area contributed by atoms with Crippen molar-refractivity contribution in [3.63, 3.8) is 0 Å². The predicted octanol–water partition coefficient (Wildman–Crippen LogP) is 4.96. The van der Waals surface area contributed by atoms with E-state index in [1.54, 1.807) is 24.5 Å². The molecule has 0 fully saturated rings. The van der Waals surface area contributed by atoms with Gasteiger partial charge in [0.2, 0.25) is 0 Å². The first kappa shape index (κ1) is 18.9. The number of alkyl halides is 2. The molecule has 2 heterocycles. The van der Waals surface area contributed by atoms with Crippen LogP contribution in [0.4, 0.5) is 13.2 Å². The number of hydrogen-bond acceptors (Lipinski definition) is 4. The molecule has 0 N–H and O–H groups in total. The largest absolute Gasteiger partial charge is 0.328 e. The van der Waals surface area contributed by atoms with Crippen LogP contribution in [0.3, 0.4) is 0 Å². The molecule has 0 radical (unpaired) electrons. The highest BCUT2D eigenvalue weighted by atomic mass is 19.3. The first-order valence-corrected chi connectivity index (χ1v) is 8.97. The Bertz CT molecular complexity index is 1190. The summed E-state index contributed by atoms with van der Waals surface area (Å²) in [6, 6.07) is 6.50. The topological polar surface area (TPSA) is 67.4 Å². The van der Waals surface area contributed by atoms with Gasteiger partial charge in [0.15, 0.2) is 5.83 Å². The van der Waals surface area contributed by atoms with Gasteiger partial charge in [0.1, 0.15) is 5.92 Å². The summed E-state index contributed by atoms with van der Waals surface area (Å²) in [7, 11) is 0. The van der Waals surface area contributed by atoms with E-state index in [0.717, 1.165) is 11.6 Å². The second-order valence-corrected chi connectivity index (χ2v) is 7.04. The van der Waals surface area contributed by atoms with Crippen molar-refractivity contribution in [3.05, 3.63) is 66.3 Å². The minimum absolute atomic E-state index is 0.107. The molecule has 1 unspecified atom stereocenters. The van der Waals surface area contributed by atoms with E-state index in [1.165, 1.54) is 24.7 Å². The molecule has 2 aromatic heterocycles. The smallest absolute Gasteiger partial charge is 0.318 e. The number of nitriles is 1. The maximum atomic E-state index is 15.1. The van der Waals surface area contributed by atoms with Gasteiger partial charge in [-0.25, -0.2) is 9.37 Å². The van der Waals surface area contributed by atoms with Crippen LogP contribution in [0.1, 0.15) is 31.1 Å². The highest BCUT2D eigenvalue weighted by Gasteiger charge is 2.49. The van der Waals surface area contributed by atoms with E-state index in [0.29, 0.717) is 5.52 Å². The number of allylic oxidation sites excluding steroid dienone is 4. The molecule has 4 rings (SSSR count). The zero-order chi connectivity index (χ0) is 20.8. The van der Waals surface area contributed by atoms with Gasteiger partial charge in [-0.2, -0.15) is 14.0 Å². The van der Waals surface area contributed by atoms with Crippen LogP contribution < -0.4 is 0 Å². The van der Waals surface area contributed by atoms with Crippen molar-refractivity contribution in [2.45, 2.75) is 25.8 Å². The minimum atomic E-state index is -3.94. The molecular formula is C21H16F3N5. The van der Waals surface area contributed by atoms with Crippen molar-refractivity contribution in [1.29, 1.82) is 5.26 Å². The van der Waals surface area contributed by atoms with Crippen molar-refractivity contribution in [1.82, 2.24) is 19.5 Å². The highest BCUT2D eigenvalue weighted by Crippen LogP contribution is 2.48. The lowest BCUT2D eigenvalue weighted by Crippen LogP contribution is -2.30. The van der Waals surface area contributed by atoms with Crippen molar-refractivity contribution in [2.75, 3.05) is 0 Å². The van der Waals surface area contributed by atoms with Crippen molar-refractivity contribution >= 4 is 22.2 Å². The monoisotopic (exact) mass is 395 g/mol. The molecule has 1 aliphatic rings. The Morgan fingerprint density at radius 3 is 2.66 bits per heavy atom. The number of hydrogen-bond donors (Lipinski definition) is 0. The summed E-state index contributed by atoms with van der Waals surface area (Å²) in [5, 5.41) is 9.15. The minimum Gasteiger partial charge on any atom is -0.328 e. The van der Waals surface area contributed by atoms with Gasteiger partial charge in [0.05, 0.1) is 35.3 Å². The van der Waals surface area contributed by atoms with E-state index < -0.39 is 17.7 Å². The van der Waals surface area contributed by atoms with Crippen LogP contribution in [0, 0.1) is 17.2 Å². The summed E-state index contributed by atoms with van der Waals surface area (Å²) in [6.07, 6.45) is 6.87. The molecule has 1 aliphatic carbocycles. The van der Waals surface area contributed by atoms with Gasteiger partial charge >= 0.3 is 5.92 Å². The van der Waals surface area contributed by atoms with Crippen LogP contribution in [0.5, 0.6) is 0 Å². The number of fused-ring (bicyclic) bond motifs is 1. The van der Waals surface area contributed by atoms with Gasteiger partial charge in [-0.1, -0.05) is 12.1 Å². The number of benzene rings is 1. The molecule has 0 spiro atoms. The average Bonchev–Trinajstić information content (AvgIpc) is 3.14. The quantitative estimate of drug-likeness (QED) is 0.629. The Morgan fingerprint density at radius 2 is 2.00 bits per heavy atom. The van der Waals surface area contributed by atoms with Gasteiger partial charge < -0.3 is 4.57 Å². The molecule has 5 nitrogen and oxygen atoms in total. The fourth-order valence-corrected chi connectivity index (χ4v) is 3.43. The Kier molecular flexibility index (Phi) is 4.46. The summed E-state index contributed by atoms with van der Waals surface area (Å²) in [6.45, 7) is 3.99. The van der Waals surface area contributed by atoms with Gasteiger partial charge in [0, 0.05) is 29.6 Å². The van der Waals surface area contributed by atoms with Crippen LogP contribution in [0.25, 0.3) is 22.2 Å². The summed E-state index contributed by atoms with van der Waals surface area (Å²) in [5.41, 5.74) is 1.62. The zero-order valence-electron chi connectivity index (χ0n) is 15.6. The summed E-state index contributed by atoms with van der Waals surface area (Å²) in [4.78, 5) is 12.4. The number of nitrogens with zero attached hydrogens (tertiary/aromatic N) is 5. The molecule has 8 heteroatoms. The molecule has 3 aromatic rings. The van der Waals surface area contributed by atoms with E-state index in [-0.39, 0.29) is 28.4 Å². The van der Waals surface area contributed by atoms with E-state index in [9.17, 15) is 8.78 Å². The molecule has 29 heavy (non-hydrogen) atoms. The second kappa shape index (κ2) is 6.85. The molecule has 1 atom stereocenters. The summed E-state index contributed by atoms with van der Waals surface area (Å²) >= 11 is 0. The summed E-state index contributed by atoms with van der Waals surface area (Å²) < 4.78 is 46.1. The highest BCUT2D eigenvalue weighted by molar-refractivity contribution is 6.07. The molecule has 0 saturated carbocycles. The van der Waals surface area contributed by atoms with Crippen LogP contribution in [-0.4, -0.2) is 25.4 Å². The maximum absolute atomic E-state index is 15.1. The third-order valence-corrected chi connectivity index (χ3v) is 4.90. The predicted molar refractivity (Wildman–Crippen MR) is 102 cm³/mol. The number of rotatable bonds is 3. The van der Waals surface area contributed by atoms with Gasteiger partial charge in [-0.3, -0.25) is 9.97 Å². The van der Waals surface area contributed by atoms with Crippen LogP contribution in [0.2, 0.25) is 0 Å². The Balaban J connectivity index is 1.94. The lowest BCUT2D eigenvalue weighted by Gasteiger charge is -2.27. The fourth-order valence-electron chi connectivity index (χ4n) is 3.43. The molecular weight excluding hydrogens is 379 g/mol. The van der Waals surface area contributed by atoms with E-state index in [2.05, 4.69) is 15.0 Å². The lowest BCUT2D eigenvalue weighted by molar-refractivity contribution is -0.00427. The van der Waals surface area contributed by atoms with Crippen LogP contribution >= 0.6 is 0 Å². The first-order valence-electron chi connectivity index (χ1n) is 8.97. The van der Waals surface area contributed by atoms with E-state index in [4.69, 9.17) is 5.26 Å². The zero-order valence-corrected chi connectivity index (χ0v) is 15.6. The third-order valence-electron chi connectivity index (χ3n) is 4.90. The van der Waals surface area contributed by atoms with E-state index in [1.807, 2.05) is 18.4 Å². The average molecular weight is 395 g/mol. The van der Waals surface area contributed by atoms with Gasteiger partial charge in [-0.05, 0) is 31.5 Å². The van der Waals surface area contributed by atoms with Crippen LogP contribution in [-0.2, 0) is 0 Å². The number of aromatic nitrogens is 4.